The molecule has 1 atom stereocenters. The van der Waals surface area contributed by atoms with E-state index in [9.17, 15) is 4.79 Å². The quantitative estimate of drug-likeness (QED) is 0.585. The number of hydrogen-bond acceptors (Lipinski definition) is 4. The maximum Gasteiger partial charge on any atom is 0.338 e. The summed E-state index contributed by atoms with van der Waals surface area (Å²) in [6, 6.07) is 14.2. The van der Waals surface area contributed by atoms with Gasteiger partial charge in [-0.3, -0.25) is 0 Å². The summed E-state index contributed by atoms with van der Waals surface area (Å²) in [5, 5.41) is 7.17. The maximum absolute atomic E-state index is 12.9. The zero-order valence-electron chi connectivity index (χ0n) is 14.9. The lowest BCUT2D eigenvalue weighted by atomic mass is 9.92. The minimum atomic E-state index is -0.568. The number of hydrogen-bond donors (Lipinski definition) is 2. The summed E-state index contributed by atoms with van der Waals surface area (Å²) in [6.07, 6.45) is 0. The molecule has 0 amide bonds. The van der Waals surface area contributed by atoms with E-state index >= 15 is 0 Å². The zero-order valence-corrected chi connectivity index (χ0v) is 16.5. The number of ether oxygens (including phenoxy) is 2. The summed E-state index contributed by atoms with van der Waals surface area (Å²) in [4.78, 5) is 12.9. The number of carbonyl (C=O) groups is 1. The highest BCUT2D eigenvalue weighted by molar-refractivity contribution is 7.80. The SMILES string of the molecule is CCOC(=O)C1=C(c2ccccc2)NC(=S)N[C@H]1c1cc(Cl)ccc1OC. The van der Waals surface area contributed by atoms with Crippen LogP contribution in [0.5, 0.6) is 5.75 Å². The average molecular weight is 403 g/mol. The largest absolute Gasteiger partial charge is 0.496 e. The predicted molar refractivity (Wildman–Crippen MR) is 110 cm³/mol. The minimum Gasteiger partial charge on any atom is -0.496 e. The first-order chi connectivity index (χ1) is 13.0. The molecule has 1 heterocycles. The number of methoxy groups -OCH3 is 1. The Balaban J connectivity index is 2.23. The van der Waals surface area contributed by atoms with Crippen molar-refractivity contribution in [2.45, 2.75) is 13.0 Å². The van der Waals surface area contributed by atoms with Gasteiger partial charge in [0, 0.05) is 10.6 Å². The van der Waals surface area contributed by atoms with E-state index in [1.54, 1.807) is 32.2 Å². The van der Waals surface area contributed by atoms with Crippen molar-refractivity contribution in [2.24, 2.45) is 0 Å². The predicted octanol–water partition coefficient (Wildman–Crippen LogP) is 3.84. The Morgan fingerprint density at radius 3 is 2.63 bits per heavy atom. The second-order valence-corrected chi connectivity index (χ2v) is 6.64. The molecule has 7 heteroatoms. The van der Waals surface area contributed by atoms with Crippen LogP contribution in [0.15, 0.2) is 54.1 Å². The van der Waals surface area contributed by atoms with Crippen molar-refractivity contribution in [3.8, 4) is 5.75 Å². The Labute approximate surface area is 168 Å². The molecule has 1 aliphatic heterocycles. The van der Waals surface area contributed by atoms with Crippen LogP contribution < -0.4 is 15.4 Å². The first-order valence-corrected chi connectivity index (χ1v) is 9.21. The molecule has 0 fully saturated rings. The lowest BCUT2D eigenvalue weighted by Crippen LogP contribution is -2.45. The van der Waals surface area contributed by atoms with E-state index < -0.39 is 12.0 Å². The van der Waals surface area contributed by atoms with Crippen molar-refractivity contribution in [1.82, 2.24) is 10.6 Å². The van der Waals surface area contributed by atoms with Crippen molar-refractivity contribution < 1.29 is 14.3 Å². The third kappa shape index (κ3) is 4.07. The smallest absolute Gasteiger partial charge is 0.338 e. The topological polar surface area (TPSA) is 59.6 Å². The van der Waals surface area contributed by atoms with Crippen LogP contribution in [0.4, 0.5) is 0 Å². The van der Waals surface area contributed by atoms with Gasteiger partial charge >= 0.3 is 5.97 Å². The molecule has 1 aliphatic rings. The summed E-state index contributed by atoms with van der Waals surface area (Å²) >= 11 is 11.6. The van der Waals surface area contributed by atoms with Gasteiger partial charge in [0.2, 0.25) is 0 Å². The standard InChI is InChI=1S/C20H19ClN2O3S/c1-3-26-19(24)16-17(12-7-5-4-6-8-12)22-20(27)23-18(16)14-11-13(21)9-10-15(14)25-2/h4-11,18H,3H2,1-2H3,(H2,22,23,27)/t18-/m0/s1. The molecule has 2 aromatic carbocycles. The third-order valence-electron chi connectivity index (χ3n) is 4.13. The molecular formula is C20H19ClN2O3S. The molecule has 0 unspecified atom stereocenters. The van der Waals surface area contributed by atoms with E-state index in [1.165, 1.54) is 0 Å². The summed E-state index contributed by atoms with van der Waals surface area (Å²) in [5.74, 6) is 0.154. The zero-order chi connectivity index (χ0) is 19.4. The Bertz CT molecular complexity index is 899. The maximum atomic E-state index is 12.9. The Morgan fingerprint density at radius 2 is 1.96 bits per heavy atom. The van der Waals surface area contributed by atoms with E-state index in [4.69, 9.17) is 33.3 Å². The third-order valence-corrected chi connectivity index (χ3v) is 4.59. The van der Waals surface area contributed by atoms with Gasteiger partial charge < -0.3 is 20.1 Å². The van der Waals surface area contributed by atoms with Crippen LogP contribution in [-0.2, 0) is 9.53 Å². The van der Waals surface area contributed by atoms with Crippen molar-refractivity contribution in [2.75, 3.05) is 13.7 Å². The highest BCUT2D eigenvalue weighted by Gasteiger charge is 2.34. The van der Waals surface area contributed by atoms with Crippen molar-refractivity contribution in [3.05, 3.63) is 70.3 Å². The van der Waals surface area contributed by atoms with Crippen LogP contribution >= 0.6 is 23.8 Å². The van der Waals surface area contributed by atoms with Gasteiger partial charge in [-0.2, -0.15) is 0 Å². The molecule has 0 aliphatic carbocycles. The molecule has 5 nitrogen and oxygen atoms in total. The van der Waals surface area contributed by atoms with E-state index in [0.717, 1.165) is 5.56 Å². The number of nitrogens with one attached hydrogen (secondary N) is 2. The van der Waals surface area contributed by atoms with Gasteiger partial charge in [-0.15, -0.1) is 0 Å². The van der Waals surface area contributed by atoms with Crippen molar-refractivity contribution in [3.63, 3.8) is 0 Å². The van der Waals surface area contributed by atoms with Crippen LogP contribution in [0.3, 0.4) is 0 Å². The Hall–Kier alpha value is -2.57. The van der Waals surface area contributed by atoms with Crippen LogP contribution in [0.2, 0.25) is 5.02 Å². The summed E-state index contributed by atoms with van der Waals surface area (Å²) in [6.45, 7) is 2.03. The molecule has 0 spiro atoms. The Kier molecular flexibility index (Phi) is 5.98. The average Bonchev–Trinajstić information content (AvgIpc) is 2.68. The van der Waals surface area contributed by atoms with E-state index in [-0.39, 0.29) is 6.61 Å². The molecule has 2 aromatic rings. The fraction of sp³-hybridized carbons (Fsp3) is 0.200. The monoisotopic (exact) mass is 402 g/mol. The van der Waals surface area contributed by atoms with Crippen molar-refractivity contribution >= 4 is 40.6 Å². The highest BCUT2D eigenvalue weighted by Crippen LogP contribution is 2.37. The molecule has 0 aromatic heterocycles. The molecular weight excluding hydrogens is 384 g/mol. The van der Waals surface area contributed by atoms with Crippen LogP contribution in [0.25, 0.3) is 5.70 Å². The van der Waals surface area contributed by atoms with Gasteiger partial charge in [-0.05, 0) is 42.9 Å². The number of halogens is 1. The van der Waals surface area contributed by atoms with E-state index in [1.807, 2.05) is 30.3 Å². The molecule has 0 bridgehead atoms. The van der Waals surface area contributed by atoms with Gasteiger partial charge in [0.05, 0.1) is 31.0 Å². The molecule has 2 N–H and O–H groups in total. The first kappa shape index (κ1) is 19.2. The highest BCUT2D eigenvalue weighted by atomic mass is 35.5. The number of esters is 1. The fourth-order valence-electron chi connectivity index (χ4n) is 2.99. The normalized spacial score (nSPS) is 16.4. The molecule has 0 saturated heterocycles. The van der Waals surface area contributed by atoms with E-state index in [0.29, 0.717) is 32.7 Å². The number of carbonyl (C=O) groups excluding carboxylic acids is 1. The van der Waals surface area contributed by atoms with Crippen LogP contribution in [0, 0.1) is 0 Å². The molecule has 0 radical (unpaired) electrons. The van der Waals surface area contributed by atoms with Gasteiger partial charge in [-0.1, -0.05) is 41.9 Å². The van der Waals surface area contributed by atoms with Crippen LogP contribution in [-0.4, -0.2) is 24.8 Å². The summed E-state index contributed by atoms with van der Waals surface area (Å²) in [5.41, 5.74) is 2.54. The van der Waals surface area contributed by atoms with Gasteiger partial charge in [0.25, 0.3) is 0 Å². The number of benzene rings is 2. The molecule has 0 saturated carbocycles. The van der Waals surface area contributed by atoms with E-state index in [2.05, 4.69) is 10.6 Å². The molecule has 140 valence electrons. The Morgan fingerprint density at radius 1 is 1.22 bits per heavy atom. The number of rotatable bonds is 5. The summed E-state index contributed by atoms with van der Waals surface area (Å²) < 4.78 is 10.8. The summed E-state index contributed by atoms with van der Waals surface area (Å²) in [7, 11) is 1.57. The van der Waals surface area contributed by atoms with Gasteiger partial charge in [0.1, 0.15) is 5.75 Å². The lowest BCUT2D eigenvalue weighted by Gasteiger charge is -2.32. The molecule has 27 heavy (non-hydrogen) atoms. The molecule has 3 rings (SSSR count). The second-order valence-electron chi connectivity index (χ2n) is 5.79. The van der Waals surface area contributed by atoms with Gasteiger partial charge in [-0.25, -0.2) is 4.79 Å². The first-order valence-electron chi connectivity index (χ1n) is 8.42. The van der Waals surface area contributed by atoms with Crippen LogP contribution in [0.1, 0.15) is 24.1 Å². The van der Waals surface area contributed by atoms with Gasteiger partial charge in [0.15, 0.2) is 5.11 Å². The second kappa shape index (κ2) is 8.41. The fourth-order valence-corrected chi connectivity index (χ4v) is 3.39. The van der Waals surface area contributed by atoms with Crippen molar-refractivity contribution in [1.29, 1.82) is 0 Å². The number of thiocarbonyl (C=S) groups is 1. The lowest BCUT2D eigenvalue weighted by molar-refractivity contribution is -0.138. The minimum absolute atomic E-state index is 0.258.